The molecule has 0 fully saturated rings. The highest BCUT2D eigenvalue weighted by Crippen LogP contribution is 2.32. The van der Waals surface area contributed by atoms with Crippen molar-refractivity contribution in [3.8, 4) is 5.69 Å². The second kappa shape index (κ2) is 9.55. The summed E-state index contributed by atoms with van der Waals surface area (Å²) in [5.41, 5.74) is 7.11. The Morgan fingerprint density at radius 2 is 1.67 bits per heavy atom. The summed E-state index contributed by atoms with van der Waals surface area (Å²) in [5, 5.41) is 20.3. The summed E-state index contributed by atoms with van der Waals surface area (Å²) >= 11 is 0. The van der Waals surface area contributed by atoms with Gasteiger partial charge in [0.1, 0.15) is 11.9 Å². The molecule has 1 aliphatic heterocycles. The van der Waals surface area contributed by atoms with Crippen molar-refractivity contribution >= 4 is 23.2 Å². The topological polar surface area (TPSA) is 122 Å². The van der Waals surface area contributed by atoms with Crippen molar-refractivity contribution in [1.29, 1.82) is 0 Å². The number of hydroxylamine groups is 1. The van der Waals surface area contributed by atoms with Crippen LogP contribution in [-0.4, -0.2) is 37.5 Å². The van der Waals surface area contributed by atoms with Crippen LogP contribution in [0.5, 0.6) is 0 Å². The lowest BCUT2D eigenvalue weighted by Gasteiger charge is -2.13. The second-order valence-electron chi connectivity index (χ2n) is 8.59. The van der Waals surface area contributed by atoms with E-state index >= 15 is 0 Å². The first-order valence-electron chi connectivity index (χ1n) is 11.5. The first kappa shape index (κ1) is 23.1. The van der Waals surface area contributed by atoms with E-state index in [-0.39, 0.29) is 17.9 Å². The Bertz CT molecular complexity index is 1470. The Labute approximate surface area is 207 Å². The van der Waals surface area contributed by atoms with Crippen molar-refractivity contribution < 1.29 is 14.8 Å². The minimum absolute atomic E-state index is 0.0420. The van der Waals surface area contributed by atoms with Crippen molar-refractivity contribution in [3.63, 3.8) is 0 Å². The number of carbonyl (C=O) groups is 2. The Kier molecular flexibility index (Phi) is 6.14. The molecule has 4 aromatic rings. The van der Waals surface area contributed by atoms with Gasteiger partial charge in [-0.05, 0) is 44.2 Å². The zero-order valence-electron chi connectivity index (χ0n) is 19.8. The average molecular weight is 481 g/mol. The minimum atomic E-state index is -0.626. The first-order chi connectivity index (χ1) is 17.4. The monoisotopic (exact) mass is 480 g/mol. The quantitative estimate of drug-likeness (QED) is 0.295. The Morgan fingerprint density at radius 1 is 0.944 bits per heavy atom. The van der Waals surface area contributed by atoms with Gasteiger partial charge in [0.15, 0.2) is 5.82 Å². The molecule has 180 valence electrons. The van der Waals surface area contributed by atoms with Gasteiger partial charge in [0.05, 0.1) is 17.8 Å². The highest BCUT2D eigenvalue weighted by molar-refractivity contribution is 6.15. The van der Waals surface area contributed by atoms with Crippen LogP contribution in [0.25, 0.3) is 5.69 Å². The highest BCUT2D eigenvalue weighted by atomic mass is 16.5. The normalized spacial score (nSPS) is 14.2. The standard InChI is InChI=1S/C27H24N6O3/c1-16-7-9-18(10-8-16)25-21-5-3-4-6-23(21)33-17(2)30-31-26(33)22(29-25)15-24(34)28-20-13-11-19(12-14-20)27(35)32-36/h3-14,22,36H,15H2,1-2H3,(H,28,34)(H,32,35)/t22-/m0/s1. The molecule has 1 aromatic heterocycles. The fraction of sp³-hybridized carbons (Fsp3) is 0.148. The number of para-hydroxylation sites is 1. The number of hydrogen-bond donors (Lipinski definition) is 3. The summed E-state index contributed by atoms with van der Waals surface area (Å²) in [6.45, 7) is 3.92. The van der Waals surface area contributed by atoms with Crippen molar-refractivity contribution in [2.24, 2.45) is 4.99 Å². The summed E-state index contributed by atoms with van der Waals surface area (Å²) in [7, 11) is 0. The largest absolute Gasteiger partial charge is 0.326 e. The van der Waals surface area contributed by atoms with Crippen molar-refractivity contribution in [2.45, 2.75) is 26.3 Å². The van der Waals surface area contributed by atoms with Gasteiger partial charge in [0, 0.05) is 22.4 Å². The molecule has 9 heteroatoms. The van der Waals surface area contributed by atoms with Gasteiger partial charge in [-0.3, -0.25) is 24.4 Å². The Hall–Kier alpha value is -4.63. The number of amides is 2. The van der Waals surface area contributed by atoms with Crippen molar-refractivity contribution in [1.82, 2.24) is 20.2 Å². The van der Waals surface area contributed by atoms with E-state index in [1.807, 2.05) is 66.9 Å². The van der Waals surface area contributed by atoms with Crippen LogP contribution in [0, 0.1) is 13.8 Å². The number of carbonyl (C=O) groups excluding carboxylic acids is 2. The predicted molar refractivity (Wildman–Crippen MR) is 135 cm³/mol. The van der Waals surface area contributed by atoms with E-state index in [2.05, 4.69) is 15.5 Å². The van der Waals surface area contributed by atoms with Crippen LogP contribution in [0.15, 0.2) is 77.8 Å². The van der Waals surface area contributed by atoms with Crippen molar-refractivity contribution in [3.05, 3.63) is 107 Å². The Morgan fingerprint density at radius 3 is 2.39 bits per heavy atom. The van der Waals surface area contributed by atoms with Crippen LogP contribution in [0.1, 0.15) is 51.2 Å². The maximum atomic E-state index is 13.1. The van der Waals surface area contributed by atoms with E-state index in [4.69, 9.17) is 10.2 Å². The number of aromatic nitrogens is 3. The van der Waals surface area contributed by atoms with Crippen LogP contribution in [-0.2, 0) is 4.79 Å². The SMILES string of the molecule is Cc1ccc(C2=N[C@@H](CC(=O)Nc3ccc(C(=O)NO)cc3)c3nnc(C)n3-c3ccccc32)cc1. The van der Waals surface area contributed by atoms with Crippen LogP contribution in [0.3, 0.4) is 0 Å². The van der Waals surface area contributed by atoms with Gasteiger partial charge < -0.3 is 5.32 Å². The molecular weight excluding hydrogens is 456 g/mol. The number of aliphatic imine (C=N–C) groups is 1. The van der Waals surface area contributed by atoms with E-state index in [1.165, 1.54) is 12.1 Å². The van der Waals surface area contributed by atoms with Gasteiger partial charge in [-0.25, -0.2) is 5.48 Å². The molecule has 1 aliphatic rings. The minimum Gasteiger partial charge on any atom is -0.326 e. The molecule has 0 spiro atoms. The summed E-state index contributed by atoms with van der Waals surface area (Å²) < 4.78 is 1.96. The number of fused-ring (bicyclic) bond motifs is 3. The van der Waals surface area contributed by atoms with E-state index < -0.39 is 11.9 Å². The Balaban J connectivity index is 1.51. The number of aryl methyl sites for hydroxylation is 2. The van der Waals surface area contributed by atoms with E-state index in [9.17, 15) is 9.59 Å². The number of benzene rings is 3. The fourth-order valence-corrected chi connectivity index (χ4v) is 4.28. The number of hydrogen-bond acceptors (Lipinski definition) is 6. The molecule has 9 nitrogen and oxygen atoms in total. The third kappa shape index (κ3) is 4.39. The van der Waals surface area contributed by atoms with E-state index in [0.717, 1.165) is 28.1 Å². The lowest BCUT2D eigenvalue weighted by atomic mass is 9.99. The molecule has 0 unspecified atom stereocenters. The zero-order chi connectivity index (χ0) is 25.2. The maximum absolute atomic E-state index is 13.1. The number of rotatable bonds is 5. The molecule has 2 amide bonds. The van der Waals surface area contributed by atoms with Gasteiger partial charge in [-0.15, -0.1) is 10.2 Å². The van der Waals surface area contributed by atoms with Gasteiger partial charge in [-0.1, -0.05) is 48.0 Å². The summed E-state index contributed by atoms with van der Waals surface area (Å²) in [5.74, 6) is 0.413. The van der Waals surface area contributed by atoms with Gasteiger partial charge in [0.25, 0.3) is 5.91 Å². The molecule has 0 saturated heterocycles. The molecule has 0 bridgehead atoms. The molecule has 1 atom stereocenters. The lowest BCUT2D eigenvalue weighted by Crippen LogP contribution is -2.19. The number of nitrogens with one attached hydrogen (secondary N) is 2. The number of nitrogens with zero attached hydrogens (tertiary/aromatic N) is 4. The van der Waals surface area contributed by atoms with Crippen LogP contribution in [0.4, 0.5) is 5.69 Å². The summed E-state index contributed by atoms with van der Waals surface area (Å²) in [6.07, 6.45) is 0.0420. The second-order valence-corrected chi connectivity index (χ2v) is 8.59. The van der Waals surface area contributed by atoms with Crippen LogP contribution in [0.2, 0.25) is 0 Å². The predicted octanol–water partition coefficient (Wildman–Crippen LogP) is 3.92. The third-order valence-corrected chi connectivity index (χ3v) is 6.07. The zero-order valence-corrected chi connectivity index (χ0v) is 19.8. The smallest absolute Gasteiger partial charge is 0.274 e. The van der Waals surface area contributed by atoms with Gasteiger partial charge in [-0.2, -0.15) is 0 Å². The molecule has 3 aromatic carbocycles. The molecule has 5 rings (SSSR count). The molecule has 0 radical (unpaired) electrons. The third-order valence-electron chi connectivity index (χ3n) is 6.07. The van der Waals surface area contributed by atoms with Crippen molar-refractivity contribution in [2.75, 3.05) is 5.32 Å². The van der Waals surface area contributed by atoms with Gasteiger partial charge >= 0.3 is 0 Å². The lowest BCUT2D eigenvalue weighted by molar-refractivity contribution is -0.116. The summed E-state index contributed by atoms with van der Waals surface area (Å²) in [4.78, 5) is 29.7. The molecule has 36 heavy (non-hydrogen) atoms. The summed E-state index contributed by atoms with van der Waals surface area (Å²) in [6, 6.07) is 21.7. The molecule has 3 N–H and O–H groups in total. The first-order valence-corrected chi connectivity index (χ1v) is 11.5. The highest BCUT2D eigenvalue weighted by Gasteiger charge is 2.29. The average Bonchev–Trinajstić information content (AvgIpc) is 3.21. The fourth-order valence-electron chi connectivity index (χ4n) is 4.28. The van der Waals surface area contributed by atoms with E-state index in [1.54, 1.807) is 17.6 Å². The molecular formula is C27H24N6O3. The number of anilines is 1. The van der Waals surface area contributed by atoms with Gasteiger partial charge in [0.2, 0.25) is 5.91 Å². The van der Waals surface area contributed by atoms with Crippen LogP contribution >= 0.6 is 0 Å². The maximum Gasteiger partial charge on any atom is 0.274 e. The molecule has 0 saturated carbocycles. The molecule has 2 heterocycles. The van der Waals surface area contributed by atoms with E-state index in [0.29, 0.717) is 17.3 Å². The molecule has 0 aliphatic carbocycles. The van der Waals surface area contributed by atoms with Crippen LogP contribution < -0.4 is 10.8 Å².